The van der Waals surface area contributed by atoms with Gasteiger partial charge in [-0.25, -0.2) is 4.79 Å². The molecule has 32 heavy (non-hydrogen) atoms. The minimum atomic E-state index is -0.279. The zero-order chi connectivity index (χ0) is 21.9. The smallest absolute Gasteiger partial charge is 0.407 e. The van der Waals surface area contributed by atoms with Gasteiger partial charge in [0.1, 0.15) is 11.9 Å². The van der Waals surface area contributed by atoms with Gasteiger partial charge >= 0.3 is 6.09 Å². The van der Waals surface area contributed by atoms with Gasteiger partial charge < -0.3 is 19.5 Å². The first kappa shape index (κ1) is 21.6. The Morgan fingerprint density at radius 3 is 2.75 bits per heavy atom. The number of benzene rings is 2. The molecule has 2 aromatic rings. The van der Waals surface area contributed by atoms with Crippen LogP contribution in [0.15, 0.2) is 47.4 Å². The van der Waals surface area contributed by atoms with Crippen LogP contribution >= 0.6 is 11.8 Å². The Bertz CT molecular complexity index is 961. The maximum Gasteiger partial charge on any atom is 0.407 e. The first-order valence-corrected chi connectivity index (χ1v) is 12.4. The number of carbonyl (C=O) groups is 1. The Morgan fingerprint density at radius 1 is 1.12 bits per heavy atom. The van der Waals surface area contributed by atoms with Gasteiger partial charge in [0, 0.05) is 24.3 Å². The summed E-state index contributed by atoms with van der Waals surface area (Å²) in [6.45, 7) is 3.39. The number of hydrogen-bond acceptors (Lipinski definition) is 6. The number of fused-ring (bicyclic) bond motifs is 4. The highest BCUT2D eigenvalue weighted by atomic mass is 32.2. The van der Waals surface area contributed by atoms with Gasteiger partial charge in [-0.15, -0.1) is 11.8 Å². The normalized spacial score (nSPS) is 26.3. The molecule has 0 aliphatic carbocycles. The van der Waals surface area contributed by atoms with Crippen molar-refractivity contribution in [3.05, 3.63) is 48.0 Å². The molecule has 2 bridgehead atoms. The summed E-state index contributed by atoms with van der Waals surface area (Å²) < 4.78 is 16.4. The monoisotopic (exact) mass is 454 g/mol. The largest absolute Gasteiger partial charge is 0.468 e. The van der Waals surface area contributed by atoms with Crippen LogP contribution in [0.1, 0.15) is 30.9 Å². The van der Waals surface area contributed by atoms with Crippen LogP contribution in [0.5, 0.6) is 5.75 Å². The number of piperidine rings is 3. The van der Waals surface area contributed by atoms with E-state index >= 15 is 0 Å². The molecule has 6 rings (SSSR count). The molecule has 2 atom stereocenters. The fourth-order valence-corrected chi connectivity index (χ4v) is 6.13. The molecular weight excluding hydrogens is 424 g/mol. The molecule has 1 amide bonds. The van der Waals surface area contributed by atoms with Crippen LogP contribution in [0.2, 0.25) is 0 Å². The van der Waals surface area contributed by atoms with Crippen molar-refractivity contribution in [2.45, 2.75) is 36.3 Å². The molecule has 3 fully saturated rings. The third-order valence-electron chi connectivity index (χ3n) is 6.71. The molecule has 4 heterocycles. The predicted octanol–water partition coefficient (Wildman–Crippen LogP) is 4.69. The van der Waals surface area contributed by atoms with E-state index in [9.17, 15) is 4.79 Å². The molecule has 170 valence electrons. The third-order valence-corrected chi connectivity index (χ3v) is 7.81. The summed E-state index contributed by atoms with van der Waals surface area (Å²) in [5, 5.41) is 3.15. The first-order valence-electron chi connectivity index (χ1n) is 11.4. The molecular formula is C25H30N2O4S. The summed E-state index contributed by atoms with van der Waals surface area (Å²) in [4.78, 5) is 16.3. The second kappa shape index (κ2) is 9.73. The van der Waals surface area contributed by atoms with Gasteiger partial charge in [-0.3, -0.25) is 4.90 Å². The highest BCUT2D eigenvalue weighted by Gasteiger charge is 2.37. The lowest BCUT2D eigenvalue weighted by molar-refractivity contribution is -0.0339. The molecule has 1 unspecified atom stereocenters. The Hall–Kier alpha value is -2.22. The fraction of sp³-hybridized carbons (Fsp3) is 0.480. The Labute approximate surface area is 193 Å². The van der Waals surface area contributed by atoms with E-state index in [4.69, 9.17) is 14.2 Å². The number of amides is 1. The molecule has 7 heteroatoms. The van der Waals surface area contributed by atoms with E-state index in [-0.39, 0.29) is 25.0 Å². The molecule has 4 aliphatic heterocycles. The lowest BCUT2D eigenvalue weighted by Gasteiger charge is -2.44. The zero-order valence-corrected chi connectivity index (χ0v) is 19.2. The van der Waals surface area contributed by atoms with Crippen LogP contribution in [0.3, 0.4) is 0 Å². The highest BCUT2D eigenvalue weighted by molar-refractivity contribution is 7.99. The van der Waals surface area contributed by atoms with E-state index in [2.05, 4.69) is 34.5 Å². The van der Waals surface area contributed by atoms with Crippen LogP contribution in [0, 0.1) is 5.92 Å². The molecule has 1 N–H and O–H groups in total. The SMILES string of the molecule is COCOc1cccc(-c2ccc3c(c2)SCCC3NC(=O)O[C@@H]2CN3CCC2CC3)c1. The summed E-state index contributed by atoms with van der Waals surface area (Å²) in [5.74, 6) is 2.27. The predicted molar refractivity (Wildman–Crippen MR) is 125 cm³/mol. The number of ether oxygens (including phenoxy) is 3. The van der Waals surface area contributed by atoms with Gasteiger partial charge in [0.25, 0.3) is 0 Å². The van der Waals surface area contributed by atoms with Gasteiger partial charge in [0.15, 0.2) is 6.79 Å². The van der Waals surface area contributed by atoms with Crippen LogP contribution in [0.25, 0.3) is 11.1 Å². The Balaban J connectivity index is 1.26. The summed E-state index contributed by atoms with van der Waals surface area (Å²) >= 11 is 1.84. The minimum Gasteiger partial charge on any atom is -0.468 e. The van der Waals surface area contributed by atoms with E-state index < -0.39 is 0 Å². The van der Waals surface area contributed by atoms with Crippen molar-refractivity contribution >= 4 is 17.9 Å². The Kier molecular flexibility index (Phi) is 6.57. The molecule has 0 spiro atoms. The number of methoxy groups -OCH3 is 1. The van der Waals surface area contributed by atoms with Gasteiger partial charge in [0.05, 0.1) is 6.04 Å². The number of nitrogens with one attached hydrogen (secondary N) is 1. The second-order valence-electron chi connectivity index (χ2n) is 8.75. The quantitative estimate of drug-likeness (QED) is 0.639. The summed E-state index contributed by atoms with van der Waals surface area (Å²) in [5.41, 5.74) is 3.40. The number of thioether (sulfide) groups is 1. The first-order chi connectivity index (χ1) is 15.7. The summed E-state index contributed by atoms with van der Waals surface area (Å²) in [7, 11) is 1.61. The van der Waals surface area contributed by atoms with Crippen molar-refractivity contribution in [2.24, 2.45) is 5.92 Å². The lowest BCUT2D eigenvalue weighted by Crippen LogP contribution is -2.52. The van der Waals surface area contributed by atoms with Crippen molar-refractivity contribution < 1.29 is 19.0 Å². The molecule has 0 saturated carbocycles. The number of alkyl carbamates (subject to hydrolysis) is 1. The average molecular weight is 455 g/mol. The number of hydrogen-bond donors (Lipinski definition) is 1. The number of carbonyl (C=O) groups excluding carboxylic acids is 1. The fourth-order valence-electron chi connectivity index (χ4n) is 4.97. The molecule has 0 aromatic heterocycles. The number of rotatable bonds is 6. The van der Waals surface area contributed by atoms with Crippen molar-refractivity contribution in [3.8, 4) is 16.9 Å². The van der Waals surface area contributed by atoms with E-state index in [1.54, 1.807) is 7.11 Å². The van der Waals surface area contributed by atoms with Gasteiger partial charge in [-0.05, 0) is 73.2 Å². The van der Waals surface area contributed by atoms with Crippen LogP contribution < -0.4 is 10.1 Å². The van der Waals surface area contributed by atoms with E-state index in [0.29, 0.717) is 5.92 Å². The number of nitrogens with zero attached hydrogens (tertiary/aromatic N) is 1. The minimum absolute atomic E-state index is 0.00902. The zero-order valence-electron chi connectivity index (χ0n) is 18.4. The standard InChI is InChI=1S/C25H30N2O4S/c1-29-16-30-20-4-2-3-18(13-20)19-5-6-21-22(9-12-32-24(21)14-19)26-25(28)31-23-15-27-10-7-17(23)8-11-27/h2-6,13-14,17,22-23H,7-12,15-16H2,1H3,(H,26,28)/t22?,23-/m1/s1. The van der Waals surface area contributed by atoms with E-state index in [1.807, 2.05) is 30.0 Å². The van der Waals surface area contributed by atoms with E-state index in [1.165, 1.54) is 10.5 Å². The molecule has 4 aliphatic rings. The molecule has 6 nitrogen and oxygen atoms in total. The maximum atomic E-state index is 12.7. The molecule has 0 radical (unpaired) electrons. The topological polar surface area (TPSA) is 60.0 Å². The highest BCUT2D eigenvalue weighted by Crippen LogP contribution is 2.39. The molecule has 2 aromatic carbocycles. The Morgan fingerprint density at radius 2 is 1.97 bits per heavy atom. The van der Waals surface area contributed by atoms with Crippen molar-refractivity contribution in [2.75, 3.05) is 39.3 Å². The summed E-state index contributed by atoms with van der Waals surface area (Å²) in [6.07, 6.45) is 2.94. The van der Waals surface area contributed by atoms with Gasteiger partial charge in [-0.1, -0.05) is 24.3 Å². The van der Waals surface area contributed by atoms with Crippen LogP contribution in [-0.2, 0) is 9.47 Å². The third kappa shape index (κ3) is 4.75. The second-order valence-corrected chi connectivity index (χ2v) is 9.88. The van der Waals surface area contributed by atoms with Crippen LogP contribution in [-0.4, -0.2) is 56.4 Å². The van der Waals surface area contributed by atoms with E-state index in [0.717, 1.165) is 61.5 Å². The van der Waals surface area contributed by atoms with Crippen molar-refractivity contribution in [1.82, 2.24) is 10.2 Å². The van der Waals surface area contributed by atoms with Crippen molar-refractivity contribution in [3.63, 3.8) is 0 Å². The lowest BCUT2D eigenvalue weighted by atomic mass is 9.86. The van der Waals surface area contributed by atoms with Gasteiger partial charge in [0.2, 0.25) is 0 Å². The summed E-state index contributed by atoms with van der Waals surface area (Å²) in [6, 6.07) is 14.5. The average Bonchev–Trinajstić information content (AvgIpc) is 2.83. The van der Waals surface area contributed by atoms with Crippen LogP contribution in [0.4, 0.5) is 4.79 Å². The van der Waals surface area contributed by atoms with Crippen molar-refractivity contribution in [1.29, 1.82) is 0 Å². The molecule has 3 saturated heterocycles. The maximum absolute atomic E-state index is 12.7. The van der Waals surface area contributed by atoms with Gasteiger partial charge in [-0.2, -0.15) is 0 Å².